The molecular formula is C12H17NOS. The summed E-state index contributed by atoms with van der Waals surface area (Å²) in [6.45, 7) is 4.16. The Morgan fingerprint density at radius 2 is 2.33 bits per heavy atom. The molecule has 2 unspecified atom stereocenters. The van der Waals surface area contributed by atoms with Crippen LogP contribution in [-0.4, -0.2) is 20.6 Å². The van der Waals surface area contributed by atoms with E-state index in [1.807, 2.05) is 30.9 Å². The summed E-state index contributed by atoms with van der Waals surface area (Å²) in [5.41, 5.74) is 2.06. The van der Waals surface area contributed by atoms with E-state index in [0.717, 1.165) is 23.3 Å². The highest BCUT2D eigenvalue weighted by molar-refractivity contribution is 8.00. The summed E-state index contributed by atoms with van der Waals surface area (Å²) in [4.78, 5) is 4.14. The van der Waals surface area contributed by atoms with Gasteiger partial charge in [0.1, 0.15) is 0 Å². The zero-order valence-electron chi connectivity index (χ0n) is 9.23. The largest absolute Gasteiger partial charge is 0.387 e. The lowest BCUT2D eigenvalue weighted by molar-refractivity contribution is 0.134. The fourth-order valence-electron chi connectivity index (χ4n) is 2.10. The first-order valence-corrected chi connectivity index (χ1v) is 6.34. The summed E-state index contributed by atoms with van der Waals surface area (Å²) in [5, 5.41) is 10.3. The van der Waals surface area contributed by atoms with Crippen molar-refractivity contribution in [3.63, 3.8) is 0 Å². The maximum absolute atomic E-state index is 10.3. The summed E-state index contributed by atoms with van der Waals surface area (Å²) in [7, 11) is 0. The van der Waals surface area contributed by atoms with Gasteiger partial charge in [-0.25, -0.2) is 0 Å². The number of hydrogen-bond donors (Lipinski definition) is 1. The SMILES string of the molecule is Cc1cncc(C(O)C2(C)CCCS2)c1. The highest BCUT2D eigenvalue weighted by Gasteiger charge is 2.37. The number of aromatic nitrogens is 1. The number of nitrogens with zero attached hydrogens (tertiary/aromatic N) is 1. The van der Waals surface area contributed by atoms with Crippen molar-refractivity contribution in [3.8, 4) is 0 Å². The first kappa shape index (κ1) is 11.0. The molecular weight excluding hydrogens is 206 g/mol. The first-order valence-electron chi connectivity index (χ1n) is 5.35. The van der Waals surface area contributed by atoms with Gasteiger partial charge in [0.05, 0.1) is 6.10 Å². The van der Waals surface area contributed by atoms with Crippen LogP contribution in [0.3, 0.4) is 0 Å². The van der Waals surface area contributed by atoms with Crippen LogP contribution >= 0.6 is 11.8 Å². The standard InChI is InChI=1S/C12H17NOS/c1-9-6-10(8-13-7-9)11(14)12(2)4-3-5-15-12/h6-8,11,14H,3-5H2,1-2H3. The molecule has 82 valence electrons. The average Bonchev–Trinajstić information content (AvgIpc) is 2.65. The monoisotopic (exact) mass is 223 g/mol. The Bertz CT molecular complexity index is 347. The van der Waals surface area contributed by atoms with E-state index in [2.05, 4.69) is 11.9 Å². The Morgan fingerprint density at radius 1 is 1.53 bits per heavy atom. The van der Waals surface area contributed by atoms with Crippen molar-refractivity contribution in [2.75, 3.05) is 5.75 Å². The normalized spacial score (nSPS) is 27.9. The highest BCUT2D eigenvalue weighted by Crippen LogP contribution is 2.46. The molecule has 0 aromatic carbocycles. The molecule has 1 aromatic rings. The van der Waals surface area contributed by atoms with Crippen molar-refractivity contribution < 1.29 is 5.11 Å². The lowest BCUT2D eigenvalue weighted by atomic mass is 9.93. The number of aliphatic hydroxyl groups is 1. The maximum Gasteiger partial charge on any atom is 0.0948 e. The minimum Gasteiger partial charge on any atom is -0.387 e. The van der Waals surface area contributed by atoms with E-state index in [4.69, 9.17) is 0 Å². The van der Waals surface area contributed by atoms with Gasteiger partial charge < -0.3 is 5.11 Å². The van der Waals surface area contributed by atoms with Crippen LogP contribution in [0.5, 0.6) is 0 Å². The molecule has 2 rings (SSSR count). The molecule has 1 N–H and O–H groups in total. The number of rotatable bonds is 2. The summed E-state index contributed by atoms with van der Waals surface area (Å²) in [6.07, 6.45) is 5.50. The van der Waals surface area contributed by atoms with Crippen LogP contribution in [0, 0.1) is 6.92 Å². The highest BCUT2D eigenvalue weighted by atomic mass is 32.2. The lowest BCUT2D eigenvalue weighted by Gasteiger charge is -2.29. The molecule has 0 saturated carbocycles. The molecule has 2 atom stereocenters. The van der Waals surface area contributed by atoms with Gasteiger partial charge in [-0.05, 0) is 38.0 Å². The molecule has 1 aromatic heterocycles. The molecule has 1 fully saturated rings. The van der Waals surface area contributed by atoms with Gasteiger partial charge in [0, 0.05) is 22.7 Å². The summed E-state index contributed by atoms with van der Waals surface area (Å²) >= 11 is 1.88. The second-order valence-corrected chi connectivity index (χ2v) is 6.09. The van der Waals surface area contributed by atoms with Crippen LogP contribution in [-0.2, 0) is 0 Å². The third-order valence-electron chi connectivity index (χ3n) is 3.04. The molecule has 2 nitrogen and oxygen atoms in total. The van der Waals surface area contributed by atoms with Crippen LogP contribution in [0.4, 0.5) is 0 Å². The Balaban J connectivity index is 2.23. The molecule has 0 aliphatic carbocycles. The third kappa shape index (κ3) is 2.18. The van der Waals surface area contributed by atoms with Crippen LogP contribution in [0.1, 0.15) is 37.0 Å². The van der Waals surface area contributed by atoms with Gasteiger partial charge in [-0.15, -0.1) is 0 Å². The second kappa shape index (κ2) is 4.14. The van der Waals surface area contributed by atoms with E-state index >= 15 is 0 Å². The van der Waals surface area contributed by atoms with Crippen molar-refractivity contribution >= 4 is 11.8 Å². The average molecular weight is 223 g/mol. The van der Waals surface area contributed by atoms with Crippen molar-refractivity contribution in [2.45, 2.75) is 37.5 Å². The van der Waals surface area contributed by atoms with Crippen molar-refractivity contribution in [1.29, 1.82) is 0 Å². The topological polar surface area (TPSA) is 33.1 Å². The van der Waals surface area contributed by atoms with Gasteiger partial charge in [0.15, 0.2) is 0 Å². The molecule has 1 aliphatic heterocycles. The van der Waals surface area contributed by atoms with Gasteiger partial charge in [0.25, 0.3) is 0 Å². The number of aliphatic hydroxyl groups excluding tert-OH is 1. The van der Waals surface area contributed by atoms with Gasteiger partial charge in [0.2, 0.25) is 0 Å². The Labute approximate surface area is 95.1 Å². The quantitative estimate of drug-likeness (QED) is 0.837. The van der Waals surface area contributed by atoms with Gasteiger partial charge in [-0.3, -0.25) is 4.98 Å². The minimum absolute atomic E-state index is 0.0184. The maximum atomic E-state index is 10.3. The molecule has 1 aliphatic rings. The number of thioether (sulfide) groups is 1. The molecule has 15 heavy (non-hydrogen) atoms. The Morgan fingerprint density at radius 3 is 2.93 bits per heavy atom. The summed E-state index contributed by atoms with van der Waals surface area (Å²) < 4.78 is -0.0184. The fraction of sp³-hybridized carbons (Fsp3) is 0.583. The van der Waals surface area contributed by atoms with E-state index in [0.29, 0.717) is 0 Å². The van der Waals surface area contributed by atoms with Crippen LogP contribution in [0.2, 0.25) is 0 Å². The molecule has 1 saturated heterocycles. The van der Waals surface area contributed by atoms with Crippen LogP contribution in [0.25, 0.3) is 0 Å². The van der Waals surface area contributed by atoms with E-state index in [-0.39, 0.29) is 4.75 Å². The number of pyridine rings is 1. The first-order chi connectivity index (χ1) is 7.12. The lowest BCUT2D eigenvalue weighted by Crippen LogP contribution is -2.26. The molecule has 2 heterocycles. The van der Waals surface area contributed by atoms with Crippen LogP contribution < -0.4 is 0 Å². The predicted octanol–water partition coefficient (Wildman–Crippen LogP) is 2.71. The van der Waals surface area contributed by atoms with Crippen molar-refractivity contribution in [3.05, 3.63) is 29.6 Å². The minimum atomic E-state index is -0.391. The third-order valence-corrected chi connectivity index (χ3v) is 4.62. The Hall–Kier alpha value is -0.540. The van der Waals surface area contributed by atoms with E-state index in [1.165, 1.54) is 6.42 Å². The van der Waals surface area contributed by atoms with Crippen molar-refractivity contribution in [1.82, 2.24) is 4.98 Å². The van der Waals surface area contributed by atoms with E-state index in [9.17, 15) is 5.11 Å². The zero-order chi connectivity index (χ0) is 10.9. The molecule has 3 heteroatoms. The van der Waals surface area contributed by atoms with Crippen LogP contribution in [0.15, 0.2) is 18.5 Å². The molecule has 0 bridgehead atoms. The zero-order valence-corrected chi connectivity index (χ0v) is 10.0. The predicted molar refractivity (Wildman–Crippen MR) is 64.0 cm³/mol. The fourth-order valence-corrected chi connectivity index (χ4v) is 3.43. The number of hydrogen-bond acceptors (Lipinski definition) is 3. The smallest absolute Gasteiger partial charge is 0.0948 e. The molecule has 0 amide bonds. The summed E-state index contributed by atoms with van der Waals surface area (Å²) in [5.74, 6) is 1.16. The van der Waals surface area contributed by atoms with E-state index < -0.39 is 6.10 Å². The van der Waals surface area contributed by atoms with Gasteiger partial charge in [-0.2, -0.15) is 11.8 Å². The van der Waals surface area contributed by atoms with Gasteiger partial charge in [-0.1, -0.05) is 6.07 Å². The van der Waals surface area contributed by atoms with Gasteiger partial charge >= 0.3 is 0 Å². The second-order valence-electron chi connectivity index (χ2n) is 4.46. The van der Waals surface area contributed by atoms with Crippen molar-refractivity contribution in [2.24, 2.45) is 0 Å². The Kier molecular flexibility index (Phi) is 3.03. The molecule has 0 spiro atoms. The summed E-state index contributed by atoms with van der Waals surface area (Å²) in [6, 6.07) is 2.03. The van der Waals surface area contributed by atoms with E-state index in [1.54, 1.807) is 6.20 Å². The number of aryl methyl sites for hydroxylation is 1. The molecule has 0 radical (unpaired) electrons.